The number of hydrogen-bond donors (Lipinski definition) is 2. The zero-order valence-corrected chi connectivity index (χ0v) is 16.9. The van der Waals surface area contributed by atoms with Crippen LogP contribution < -0.4 is 0 Å². The van der Waals surface area contributed by atoms with Crippen molar-refractivity contribution >= 4 is 22.7 Å². The van der Waals surface area contributed by atoms with Crippen LogP contribution in [0.2, 0.25) is 0 Å². The minimum Gasteiger partial charge on any atom is -0.461 e. The minimum absolute atomic E-state index is 0.0338. The van der Waals surface area contributed by atoms with E-state index in [4.69, 9.17) is 4.74 Å². The summed E-state index contributed by atoms with van der Waals surface area (Å²) in [5.41, 5.74) is 4.74. The van der Waals surface area contributed by atoms with E-state index in [9.17, 15) is 9.59 Å². The van der Waals surface area contributed by atoms with Crippen LogP contribution in [0.1, 0.15) is 45.7 Å². The number of aromatic nitrogens is 4. The van der Waals surface area contributed by atoms with Gasteiger partial charge in [-0.15, -0.1) is 0 Å². The highest BCUT2D eigenvalue weighted by atomic mass is 16.5. The van der Waals surface area contributed by atoms with Crippen molar-refractivity contribution in [1.29, 1.82) is 0 Å². The second-order valence-corrected chi connectivity index (χ2v) is 7.04. The normalized spacial score (nSPS) is 11.0. The number of rotatable bonds is 7. The Bertz CT molecular complexity index is 1210. The number of nitrogens with one attached hydrogen (secondary N) is 2. The Morgan fingerprint density at radius 2 is 1.87 bits per heavy atom. The van der Waals surface area contributed by atoms with Crippen LogP contribution in [0.3, 0.4) is 0 Å². The molecule has 0 spiro atoms. The number of H-pyrrole nitrogens is 2. The lowest BCUT2D eigenvalue weighted by Crippen LogP contribution is -2.04. The van der Waals surface area contributed by atoms with Crippen LogP contribution in [0.15, 0.2) is 48.8 Å². The Morgan fingerprint density at radius 3 is 2.63 bits per heavy atom. The quantitative estimate of drug-likeness (QED) is 0.355. The van der Waals surface area contributed by atoms with Crippen molar-refractivity contribution in [3.05, 3.63) is 71.6 Å². The summed E-state index contributed by atoms with van der Waals surface area (Å²) in [6, 6.07) is 11.3. The van der Waals surface area contributed by atoms with Gasteiger partial charge in [-0.3, -0.25) is 9.78 Å². The summed E-state index contributed by atoms with van der Waals surface area (Å²) < 4.78 is 5.05. The van der Waals surface area contributed by atoms with Crippen LogP contribution in [0.5, 0.6) is 0 Å². The SMILES string of the molecule is CCOC(=O)c1cc2cc(-c3nc(C(=O)CCc4ccncc4)[nH]c3C)ccc2[nH]1. The van der Waals surface area contributed by atoms with E-state index in [0.717, 1.165) is 33.4 Å². The van der Waals surface area contributed by atoms with Crippen LogP contribution >= 0.6 is 0 Å². The first kappa shape index (κ1) is 19.6. The first-order valence-electron chi connectivity index (χ1n) is 9.84. The Kier molecular flexibility index (Phi) is 5.43. The number of hydrogen-bond acceptors (Lipinski definition) is 5. The number of aromatic amines is 2. The summed E-state index contributed by atoms with van der Waals surface area (Å²) in [4.78, 5) is 39.3. The van der Waals surface area contributed by atoms with E-state index in [0.29, 0.717) is 31.0 Å². The van der Waals surface area contributed by atoms with E-state index in [1.807, 2.05) is 37.3 Å². The van der Waals surface area contributed by atoms with Gasteiger partial charge in [-0.2, -0.15) is 0 Å². The van der Waals surface area contributed by atoms with Gasteiger partial charge in [0, 0.05) is 41.0 Å². The number of aryl methyl sites for hydroxylation is 2. The average Bonchev–Trinajstić information content (AvgIpc) is 3.36. The third-order valence-corrected chi connectivity index (χ3v) is 4.93. The molecule has 0 aliphatic heterocycles. The van der Waals surface area contributed by atoms with Crippen molar-refractivity contribution in [2.75, 3.05) is 6.61 Å². The zero-order chi connectivity index (χ0) is 21.1. The van der Waals surface area contributed by atoms with Gasteiger partial charge >= 0.3 is 5.97 Å². The van der Waals surface area contributed by atoms with Crippen LogP contribution in [0.25, 0.3) is 22.2 Å². The summed E-state index contributed by atoms with van der Waals surface area (Å²) >= 11 is 0. The van der Waals surface area contributed by atoms with E-state index in [1.165, 1.54) is 0 Å². The fourth-order valence-electron chi connectivity index (χ4n) is 3.40. The molecule has 1 aromatic carbocycles. The Morgan fingerprint density at radius 1 is 1.07 bits per heavy atom. The molecule has 152 valence electrons. The number of fused-ring (bicyclic) bond motifs is 1. The number of benzene rings is 1. The van der Waals surface area contributed by atoms with E-state index in [1.54, 1.807) is 25.4 Å². The summed E-state index contributed by atoms with van der Waals surface area (Å²) in [7, 11) is 0. The number of carbonyl (C=O) groups is 2. The molecule has 30 heavy (non-hydrogen) atoms. The molecule has 0 atom stereocenters. The third kappa shape index (κ3) is 4.00. The molecule has 0 saturated heterocycles. The van der Waals surface area contributed by atoms with Gasteiger partial charge in [0.15, 0.2) is 11.6 Å². The molecule has 0 radical (unpaired) electrons. The fourth-order valence-corrected chi connectivity index (χ4v) is 3.40. The molecule has 0 bridgehead atoms. The largest absolute Gasteiger partial charge is 0.461 e. The molecule has 4 aromatic rings. The van der Waals surface area contributed by atoms with Gasteiger partial charge in [0.25, 0.3) is 0 Å². The molecule has 7 heteroatoms. The van der Waals surface area contributed by atoms with Crippen molar-refractivity contribution in [3.8, 4) is 11.3 Å². The third-order valence-electron chi connectivity index (χ3n) is 4.93. The number of nitrogens with zero attached hydrogens (tertiary/aromatic N) is 2. The molecule has 0 aliphatic rings. The maximum atomic E-state index is 12.6. The summed E-state index contributed by atoms with van der Waals surface area (Å²) in [5.74, 6) is -0.0558. The second kappa shape index (κ2) is 8.32. The topological polar surface area (TPSA) is 101 Å². The lowest BCUT2D eigenvalue weighted by molar-refractivity contribution is 0.0520. The van der Waals surface area contributed by atoms with Crippen molar-refractivity contribution in [1.82, 2.24) is 19.9 Å². The monoisotopic (exact) mass is 402 g/mol. The van der Waals surface area contributed by atoms with Crippen molar-refractivity contribution in [2.45, 2.75) is 26.7 Å². The van der Waals surface area contributed by atoms with E-state index in [-0.39, 0.29) is 11.8 Å². The molecule has 0 amide bonds. The lowest BCUT2D eigenvalue weighted by Gasteiger charge is -1.99. The van der Waals surface area contributed by atoms with Crippen molar-refractivity contribution in [2.24, 2.45) is 0 Å². The van der Waals surface area contributed by atoms with Gasteiger partial charge in [-0.1, -0.05) is 6.07 Å². The number of imidazole rings is 1. The number of esters is 1. The van der Waals surface area contributed by atoms with Gasteiger partial charge in [0.05, 0.1) is 12.3 Å². The standard InChI is InChI=1S/C23H22N4O3/c1-3-30-23(29)19-13-17-12-16(5-6-18(17)26-19)21-14(2)25-22(27-21)20(28)7-4-15-8-10-24-11-9-15/h5-6,8-13,26H,3-4,7H2,1-2H3,(H,25,27). The average molecular weight is 402 g/mol. The maximum absolute atomic E-state index is 12.6. The Hall–Kier alpha value is -3.74. The fraction of sp³-hybridized carbons (Fsp3) is 0.217. The highest BCUT2D eigenvalue weighted by molar-refractivity contribution is 5.97. The van der Waals surface area contributed by atoms with Gasteiger partial charge in [0.2, 0.25) is 0 Å². The maximum Gasteiger partial charge on any atom is 0.354 e. The summed E-state index contributed by atoms with van der Waals surface area (Å²) in [6.45, 7) is 3.99. The number of Topliss-reactive ketones (excluding diaryl/α,β-unsaturated/α-hetero) is 1. The number of ketones is 1. The predicted octanol–water partition coefficient (Wildman–Crippen LogP) is 4.25. The molecule has 3 aromatic heterocycles. The van der Waals surface area contributed by atoms with Crippen LogP contribution in [0.4, 0.5) is 0 Å². The first-order chi connectivity index (χ1) is 14.5. The molecular formula is C23H22N4O3. The number of carbonyl (C=O) groups excluding carboxylic acids is 2. The predicted molar refractivity (Wildman–Crippen MR) is 113 cm³/mol. The number of ether oxygens (including phenoxy) is 1. The zero-order valence-electron chi connectivity index (χ0n) is 16.9. The molecule has 7 nitrogen and oxygen atoms in total. The molecule has 0 saturated carbocycles. The first-order valence-corrected chi connectivity index (χ1v) is 9.84. The molecule has 0 fully saturated rings. The highest BCUT2D eigenvalue weighted by Gasteiger charge is 2.16. The molecule has 0 aliphatic carbocycles. The molecule has 2 N–H and O–H groups in total. The molecular weight excluding hydrogens is 380 g/mol. The van der Waals surface area contributed by atoms with Crippen molar-refractivity contribution in [3.63, 3.8) is 0 Å². The van der Waals surface area contributed by atoms with E-state index < -0.39 is 0 Å². The minimum atomic E-state index is -0.381. The van der Waals surface area contributed by atoms with Crippen LogP contribution in [0, 0.1) is 6.92 Å². The number of pyridine rings is 1. The van der Waals surface area contributed by atoms with Crippen LogP contribution in [-0.4, -0.2) is 38.3 Å². The Labute approximate surface area is 173 Å². The summed E-state index contributed by atoms with van der Waals surface area (Å²) in [6.07, 6.45) is 4.46. The molecule has 4 rings (SSSR count). The van der Waals surface area contributed by atoms with E-state index in [2.05, 4.69) is 19.9 Å². The molecule has 0 unspecified atom stereocenters. The highest BCUT2D eigenvalue weighted by Crippen LogP contribution is 2.26. The van der Waals surface area contributed by atoms with Crippen molar-refractivity contribution < 1.29 is 14.3 Å². The molecule has 3 heterocycles. The van der Waals surface area contributed by atoms with Crippen LogP contribution in [-0.2, 0) is 11.2 Å². The summed E-state index contributed by atoms with van der Waals surface area (Å²) in [5, 5.41) is 0.878. The lowest BCUT2D eigenvalue weighted by atomic mass is 10.1. The van der Waals surface area contributed by atoms with Gasteiger partial charge < -0.3 is 14.7 Å². The van der Waals surface area contributed by atoms with E-state index >= 15 is 0 Å². The Balaban J connectivity index is 1.55. The smallest absolute Gasteiger partial charge is 0.354 e. The van der Waals surface area contributed by atoms with Gasteiger partial charge in [-0.05, 0) is 56.2 Å². The second-order valence-electron chi connectivity index (χ2n) is 7.04. The van der Waals surface area contributed by atoms with Gasteiger partial charge in [-0.25, -0.2) is 9.78 Å². The van der Waals surface area contributed by atoms with Gasteiger partial charge in [0.1, 0.15) is 5.69 Å².